The second kappa shape index (κ2) is 8.72. The molecule has 0 fully saturated rings. The summed E-state index contributed by atoms with van der Waals surface area (Å²) in [4.78, 5) is 0. The molecule has 0 unspecified atom stereocenters. The van der Waals surface area contributed by atoms with Crippen molar-refractivity contribution in [1.29, 1.82) is 0 Å². The van der Waals surface area contributed by atoms with Crippen molar-refractivity contribution >= 4 is 0 Å². The number of hydrogen-bond donors (Lipinski definition) is 4. The summed E-state index contributed by atoms with van der Waals surface area (Å²) in [5.41, 5.74) is 0.557. The van der Waals surface area contributed by atoms with Gasteiger partial charge in [-0.25, -0.2) is 0 Å². The highest BCUT2D eigenvalue weighted by Crippen LogP contribution is 2.40. The molecule has 12 bridgehead atoms. The molecule has 1 atom stereocenters. The van der Waals surface area contributed by atoms with Gasteiger partial charge in [0.2, 0.25) is 0 Å². The molecule has 0 aromatic heterocycles. The molecule has 3 aromatic carbocycles. The smallest absolute Gasteiger partial charge is 0.127 e. The maximum Gasteiger partial charge on any atom is 0.127 e. The van der Waals surface area contributed by atoms with Crippen LogP contribution in [-0.2, 0) is 16.8 Å². The minimum Gasteiger partial charge on any atom is -0.377 e. The first-order chi connectivity index (χ1) is 19.2. The van der Waals surface area contributed by atoms with E-state index in [1.54, 1.807) is 72.9 Å². The average Bonchev–Trinajstić information content (AvgIpc) is 3.00. The molecule has 14 rings (SSSR count). The summed E-state index contributed by atoms with van der Waals surface area (Å²) in [7, 11) is 0. The van der Waals surface area contributed by atoms with Crippen molar-refractivity contribution in [2.45, 2.75) is 34.7 Å². The Labute approximate surface area is 233 Å². The Bertz CT molecular complexity index is 1640. The molecule has 0 saturated carbocycles. The van der Waals surface area contributed by atoms with Gasteiger partial charge in [-0.05, 0) is 94.0 Å². The normalized spacial score (nSPS) is 33.2. The fraction of sp³-hybridized carbons (Fsp3) is 0.167. The molecule has 3 aromatic rings. The second-order valence-corrected chi connectivity index (χ2v) is 11.3. The standard InChI is InChI=1S/C36H30O4/c37-33-16-20-35(39,21-17-33)31-12-14-32(15-13-31)36(40)22-18-34(38,19-23-36)30-10-6-26(7-11-30)28-3-1-2-27(24-28)25-4-8-29(33)9-5-25/h1-6,8-24,26,37-40H,7H2/t26-,33?,34?,35?,36?/m1/s1. The SMILES string of the molecule is OC12C=CC(O)(C=C1)c1ccc(cc1)C1(O)C=CC(O)(C=C1)c1ccc(cc1)-c1cccc(c1)[C@@H]1C=CC2=CC1. The molecule has 4 N–H and O–H groups in total. The number of fused-ring (bicyclic) bond motifs is 1. The maximum absolute atomic E-state index is 11.4. The zero-order valence-corrected chi connectivity index (χ0v) is 21.9. The van der Waals surface area contributed by atoms with Crippen molar-refractivity contribution in [2.24, 2.45) is 0 Å². The van der Waals surface area contributed by atoms with E-state index < -0.39 is 22.4 Å². The summed E-state index contributed by atoms with van der Waals surface area (Å²) in [6, 6.07) is 23.3. The van der Waals surface area contributed by atoms with Crippen LogP contribution in [0, 0.1) is 0 Å². The predicted molar refractivity (Wildman–Crippen MR) is 156 cm³/mol. The number of benzene rings is 3. The lowest BCUT2D eigenvalue weighted by Crippen LogP contribution is -2.33. The quantitative estimate of drug-likeness (QED) is 0.288. The highest BCUT2D eigenvalue weighted by Gasteiger charge is 2.36. The second-order valence-electron chi connectivity index (χ2n) is 11.3. The lowest BCUT2D eigenvalue weighted by Gasteiger charge is -2.34. The third kappa shape index (κ3) is 4.00. The molecule has 0 amide bonds. The number of rotatable bonds is 0. The number of allylic oxidation sites excluding steroid dienone is 2. The van der Waals surface area contributed by atoms with Crippen LogP contribution in [0.4, 0.5) is 0 Å². The van der Waals surface area contributed by atoms with Crippen LogP contribution in [0.25, 0.3) is 11.1 Å². The molecule has 4 nitrogen and oxygen atoms in total. The zero-order chi connectivity index (χ0) is 27.6. The highest BCUT2D eigenvalue weighted by atomic mass is 16.3. The van der Waals surface area contributed by atoms with E-state index in [0.29, 0.717) is 16.7 Å². The molecule has 0 heterocycles. The summed E-state index contributed by atoms with van der Waals surface area (Å²) in [6.07, 6.45) is 19.8. The first-order valence-corrected chi connectivity index (χ1v) is 13.6. The molecule has 0 saturated heterocycles. The zero-order valence-electron chi connectivity index (χ0n) is 21.9. The Hall–Kier alpha value is -4.06. The fourth-order valence-corrected chi connectivity index (χ4v) is 6.06. The monoisotopic (exact) mass is 526 g/mol. The first kappa shape index (κ1) is 24.9. The van der Waals surface area contributed by atoms with E-state index in [-0.39, 0.29) is 5.92 Å². The summed E-state index contributed by atoms with van der Waals surface area (Å²) in [5.74, 6) is 0.178. The Kier molecular flexibility index (Phi) is 5.44. The van der Waals surface area contributed by atoms with Crippen LogP contribution in [-0.4, -0.2) is 26.0 Å². The van der Waals surface area contributed by atoms with Crippen molar-refractivity contribution in [3.63, 3.8) is 0 Å². The minimum atomic E-state index is -1.40. The van der Waals surface area contributed by atoms with Crippen LogP contribution in [0.15, 0.2) is 145 Å². The molecular formula is C36H30O4. The predicted octanol–water partition coefficient (Wildman–Crippen LogP) is 5.58. The number of hydrogen-bond acceptors (Lipinski definition) is 4. The van der Waals surface area contributed by atoms with Crippen molar-refractivity contribution in [1.82, 2.24) is 0 Å². The Balaban J connectivity index is 1.33. The summed E-state index contributed by atoms with van der Waals surface area (Å²) in [6.45, 7) is 0. The van der Waals surface area contributed by atoms with Crippen LogP contribution >= 0.6 is 0 Å². The lowest BCUT2D eigenvalue weighted by atomic mass is 9.78. The van der Waals surface area contributed by atoms with E-state index in [4.69, 9.17) is 0 Å². The maximum atomic E-state index is 11.4. The molecule has 0 aliphatic heterocycles. The van der Waals surface area contributed by atoms with Gasteiger partial charge in [-0.2, -0.15) is 0 Å². The van der Waals surface area contributed by atoms with Crippen molar-refractivity contribution in [2.75, 3.05) is 0 Å². The van der Waals surface area contributed by atoms with Crippen molar-refractivity contribution in [3.05, 3.63) is 167 Å². The van der Waals surface area contributed by atoms with E-state index in [2.05, 4.69) is 36.4 Å². The molecule has 0 radical (unpaired) electrons. The average molecular weight is 527 g/mol. The summed E-state index contributed by atoms with van der Waals surface area (Å²) in [5, 5.41) is 45.6. The van der Waals surface area contributed by atoms with E-state index >= 15 is 0 Å². The molecule has 4 heteroatoms. The van der Waals surface area contributed by atoms with Crippen LogP contribution in [0.3, 0.4) is 0 Å². The fourth-order valence-electron chi connectivity index (χ4n) is 6.06. The third-order valence-corrected chi connectivity index (χ3v) is 8.73. The molecule has 11 aliphatic rings. The van der Waals surface area contributed by atoms with Gasteiger partial charge in [0.15, 0.2) is 0 Å². The van der Waals surface area contributed by atoms with Crippen LogP contribution < -0.4 is 0 Å². The van der Waals surface area contributed by atoms with Crippen molar-refractivity contribution in [3.8, 4) is 11.1 Å². The summed E-state index contributed by atoms with van der Waals surface area (Å²) >= 11 is 0. The van der Waals surface area contributed by atoms with Gasteiger partial charge >= 0.3 is 0 Å². The lowest BCUT2D eigenvalue weighted by molar-refractivity contribution is 0.106. The van der Waals surface area contributed by atoms with Gasteiger partial charge in [0, 0.05) is 5.92 Å². The van der Waals surface area contributed by atoms with E-state index in [0.717, 1.165) is 23.1 Å². The Morgan fingerprint density at radius 1 is 0.525 bits per heavy atom. The first-order valence-electron chi connectivity index (χ1n) is 13.6. The molecular weight excluding hydrogens is 496 g/mol. The molecule has 11 aliphatic carbocycles. The third-order valence-electron chi connectivity index (χ3n) is 8.73. The summed E-state index contributed by atoms with van der Waals surface area (Å²) < 4.78 is 0. The van der Waals surface area contributed by atoms with Gasteiger partial charge in [-0.3, -0.25) is 0 Å². The van der Waals surface area contributed by atoms with Gasteiger partial charge in [-0.15, -0.1) is 0 Å². The molecule has 0 spiro atoms. The minimum absolute atomic E-state index is 0.178. The van der Waals surface area contributed by atoms with Gasteiger partial charge in [-0.1, -0.05) is 91.0 Å². The molecule has 198 valence electrons. The topological polar surface area (TPSA) is 80.9 Å². The van der Waals surface area contributed by atoms with Gasteiger partial charge in [0.05, 0.1) is 0 Å². The Morgan fingerprint density at radius 2 is 1.00 bits per heavy atom. The van der Waals surface area contributed by atoms with Gasteiger partial charge in [0.25, 0.3) is 0 Å². The Morgan fingerprint density at radius 3 is 1.48 bits per heavy atom. The molecule has 40 heavy (non-hydrogen) atoms. The van der Waals surface area contributed by atoms with Gasteiger partial charge in [0.1, 0.15) is 22.4 Å². The van der Waals surface area contributed by atoms with E-state index in [9.17, 15) is 20.4 Å². The van der Waals surface area contributed by atoms with E-state index in [1.165, 1.54) is 5.56 Å². The number of aliphatic hydroxyl groups is 4. The van der Waals surface area contributed by atoms with Crippen LogP contribution in [0.5, 0.6) is 0 Å². The highest BCUT2D eigenvalue weighted by molar-refractivity contribution is 5.65. The van der Waals surface area contributed by atoms with Crippen LogP contribution in [0.2, 0.25) is 0 Å². The van der Waals surface area contributed by atoms with E-state index in [1.807, 2.05) is 30.3 Å². The van der Waals surface area contributed by atoms with Gasteiger partial charge < -0.3 is 20.4 Å². The van der Waals surface area contributed by atoms with Crippen molar-refractivity contribution < 1.29 is 20.4 Å². The largest absolute Gasteiger partial charge is 0.377 e. The van der Waals surface area contributed by atoms with Crippen LogP contribution in [0.1, 0.15) is 34.6 Å².